The number of hydrogen-bond donors (Lipinski definition) is 1. The predicted molar refractivity (Wildman–Crippen MR) is 64.9 cm³/mol. The van der Waals surface area contributed by atoms with Gasteiger partial charge in [0.05, 0.1) is 24.2 Å². The minimum Gasteiger partial charge on any atom is -0.390 e. The average Bonchev–Trinajstić information content (AvgIpc) is 2.26. The fraction of sp³-hybridized carbons (Fsp3) is 1.00. The second-order valence-electron chi connectivity index (χ2n) is 6.16. The molecule has 0 aromatic rings. The monoisotopic (exact) mass is 281 g/mol. The van der Waals surface area contributed by atoms with E-state index in [0.29, 0.717) is 45.4 Å². The smallest absolute Gasteiger partial charge is 0.390 e. The second kappa shape index (κ2) is 5.22. The van der Waals surface area contributed by atoms with Gasteiger partial charge in [0.2, 0.25) is 0 Å². The van der Waals surface area contributed by atoms with Crippen molar-refractivity contribution in [2.75, 3.05) is 26.2 Å². The Hall–Kier alpha value is -0.330. The van der Waals surface area contributed by atoms with Crippen LogP contribution in [0.3, 0.4) is 0 Å². The molecule has 2 rings (SSSR count). The molecule has 2 fully saturated rings. The maximum atomic E-state index is 12.2. The van der Waals surface area contributed by atoms with E-state index in [1.165, 1.54) is 0 Å². The van der Waals surface area contributed by atoms with Crippen LogP contribution < -0.4 is 0 Å². The molecule has 0 aliphatic carbocycles. The summed E-state index contributed by atoms with van der Waals surface area (Å²) in [6.07, 6.45) is -2.19. The quantitative estimate of drug-likeness (QED) is 0.843. The lowest BCUT2D eigenvalue weighted by molar-refractivity contribution is -0.175. The molecule has 0 saturated carbocycles. The molecule has 19 heavy (non-hydrogen) atoms. The fourth-order valence-corrected chi connectivity index (χ4v) is 3.11. The van der Waals surface area contributed by atoms with Gasteiger partial charge in [-0.15, -0.1) is 0 Å². The second-order valence-corrected chi connectivity index (χ2v) is 6.16. The highest BCUT2D eigenvalue weighted by Crippen LogP contribution is 2.39. The molecule has 0 aromatic carbocycles. The average molecular weight is 281 g/mol. The van der Waals surface area contributed by atoms with Crippen molar-refractivity contribution in [1.82, 2.24) is 4.90 Å². The largest absolute Gasteiger partial charge is 0.390 e. The Labute approximate surface area is 111 Å². The lowest BCUT2D eigenvalue weighted by atomic mass is 9.78. The van der Waals surface area contributed by atoms with Crippen LogP contribution in [-0.4, -0.2) is 53.6 Å². The Morgan fingerprint density at radius 3 is 2.37 bits per heavy atom. The number of aliphatic hydroxyl groups is 1. The van der Waals surface area contributed by atoms with Crippen LogP contribution in [0.2, 0.25) is 0 Å². The molecule has 2 saturated heterocycles. The SMILES string of the molecule is CC1(O)CCOC2(CCN(CCC(F)(F)F)CC2)C1. The Morgan fingerprint density at radius 1 is 1.21 bits per heavy atom. The highest BCUT2D eigenvalue weighted by Gasteiger charge is 2.44. The highest BCUT2D eigenvalue weighted by molar-refractivity contribution is 4.96. The van der Waals surface area contributed by atoms with Crippen molar-refractivity contribution in [2.45, 2.75) is 56.4 Å². The molecule has 2 heterocycles. The van der Waals surface area contributed by atoms with Crippen molar-refractivity contribution in [3.05, 3.63) is 0 Å². The van der Waals surface area contributed by atoms with Gasteiger partial charge in [-0.3, -0.25) is 0 Å². The third-order valence-electron chi connectivity index (χ3n) is 4.23. The zero-order chi connectivity index (χ0) is 14.1. The van der Waals surface area contributed by atoms with Crippen LogP contribution in [0.15, 0.2) is 0 Å². The first-order valence-electron chi connectivity index (χ1n) is 6.85. The number of rotatable bonds is 2. The van der Waals surface area contributed by atoms with Gasteiger partial charge in [0.15, 0.2) is 0 Å². The van der Waals surface area contributed by atoms with Crippen molar-refractivity contribution in [2.24, 2.45) is 0 Å². The Bertz CT molecular complexity index is 310. The van der Waals surface area contributed by atoms with Gasteiger partial charge < -0.3 is 14.7 Å². The molecule has 0 amide bonds. The maximum Gasteiger partial charge on any atom is 0.390 e. The van der Waals surface area contributed by atoms with Gasteiger partial charge in [0, 0.05) is 26.1 Å². The van der Waals surface area contributed by atoms with Crippen LogP contribution in [0.1, 0.15) is 39.0 Å². The van der Waals surface area contributed by atoms with Gasteiger partial charge in [-0.1, -0.05) is 0 Å². The number of piperidine rings is 1. The van der Waals surface area contributed by atoms with E-state index in [-0.39, 0.29) is 12.1 Å². The lowest BCUT2D eigenvalue weighted by Crippen LogP contribution is -2.53. The van der Waals surface area contributed by atoms with Gasteiger partial charge in [-0.05, 0) is 26.2 Å². The van der Waals surface area contributed by atoms with Crippen LogP contribution in [0.25, 0.3) is 0 Å². The molecule has 0 aromatic heterocycles. The van der Waals surface area contributed by atoms with Crippen LogP contribution in [0.4, 0.5) is 13.2 Å². The molecule has 3 nitrogen and oxygen atoms in total. The van der Waals surface area contributed by atoms with E-state index in [9.17, 15) is 18.3 Å². The lowest BCUT2D eigenvalue weighted by Gasteiger charge is -2.48. The van der Waals surface area contributed by atoms with Crippen molar-refractivity contribution in [3.8, 4) is 0 Å². The van der Waals surface area contributed by atoms with Crippen molar-refractivity contribution >= 4 is 0 Å². The summed E-state index contributed by atoms with van der Waals surface area (Å²) >= 11 is 0. The molecule has 6 heteroatoms. The van der Waals surface area contributed by atoms with Gasteiger partial charge >= 0.3 is 6.18 Å². The normalized spacial score (nSPS) is 32.7. The predicted octanol–water partition coefficient (Wildman–Crippen LogP) is 2.33. The third kappa shape index (κ3) is 4.33. The van der Waals surface area contributed by atoms with Crippen molar-refractivity contribution < 1.29 is 23.0 Å². The minimum absolute atomic E-state index is 0.0654. The van der Waals surface area contributed by atoms with Crippen molar-refractivity contribution in [1.29, 1.82) is 0 Å². The molecule has 0 radical (unpaired) electrons. The summed E-state index contributed by atoms with van der Waals surface area (Å²) < 4.78 is 42.4. The Balaban J connectivity index is 1.82. The van der Waals surface area contributed by atoms with Gasteiger partial charge in [-0.25, -0.2) is 0 Å². The first-order chi connectivity index (χ1) is 8.70. The summed E-state index contributed by atoms with van der Waals surface area (Å²) in [6.45, 7) is 3.65. The fourth-order valence-electron chi connectivity index (χ4n) is 3.11. The summed E-state index contributed by atoms with van der Waals surface area (Å²) in [4.78, 5) is 1.84. The van der Waals surface area contributed by atoms with E-state index in [1.807, 2.05) is 11.8 Å². The summed E-state index contributed by atoms with van der Waals surface area (Å²) in [6, 6.07) is 0. The number of nitrogens with zero attached hydrogens (tertiary/aromatic N) is 1. The maximum absolute atomic E-state index is 12.2. The number of likely N-dealkylation sites (tertiary alicyclic amines) is 1. The Kier molecular flexibility index (Phi) is 4.14. The number of halogens is 3. The van der Waals surface area contributed by atoms with Crippen LogP contribution >= 0.6 is 0 Å². The molecule has 2 aliphatic heterocycles. The molecule has 2 aliphatic rings. The minimum atomic E-state index is -4.08. The molecule has 1 spiro atoms. The van der Waals surface area contributed by atoms with E-state index in [2.05, 4.69) is 0 Å². The molecule has 1 unspecified atom stereocenters. The van der Waals surface area contributed by atoms with E-state index in [1.54, 1.807) is 0 Å². The Morgan fingerprint density at radius 2 is 1.84 bits per heavy atom. The molecule has 112 valence electrons. The summed E-state index contributed by atoms with van der Waals surface area (Å²) in [5.74, 6) is 0. The summed E-state index contributed by atoms with van der Waals surface area (Å²) in [7, 11) is 0. The molecule has 1 atom stereocenters. The van der Waals surface area contributed by atoms with Gasteiger partial charge in [0.1, 0.15) is 0 Å². The number of hydrogen-bond acceptors (Lipinski definition) is 3. The van der Waals surface area contributed by atoms with E-state index < -0.39 is 18.2 Å². The van der Waals surface area contributed by atoms with Crippen LogP contribution in [0, 0.1) is 0 Å². The summed E-state index contributed by atoms with van der Waals surface area (Å²) in [5.41, 5.74) is -1.02. The van der Waals surface area contributed by atoms with Gasteiger partial charge in [0.25, 0.3) is 0 Å². The number of ether oxygens (including phenoxy) is 1. The highest BCUT2D eigenvalue weighted by atomic mass is 19.4. The van der Waals surface area contributed by atoms with E-state index in [0.717, 1.165) is 0 Å². The zero-order valence-electron chi connectivity index (χ0n) is 11.3. The number of alkyl halides is 3. The third-order valence-corrected chi connectivity index (χ3v) is 4.23. The zero-order valence-corrected chi connectivity index (χ0v) is 11.3. The van der Waals surface area contributed by atoms with Crippen LogP contribution in [0.5, 0.6) is 0 Å². The molecular formula is C13H22F3NO2. The van der Waals surface area contributed by atoms with E-state index >= 15 is 0 Å². The van der Waals surface area contributed by atoms with Gasteiger partial charge in [-0.2, -0.15) is 13.2 Å². The topological polar surface area (TPSA) is 32.7 Å². The van der Waals surface area contributed by atoms with Crippen molar-refractivity contribution in [3.63, 3.8) is 0 Å². The van der Waals surface area contributed by atoms with E-state index in [4.69, 9.17) is 4.74 Å². The first-order valence-corrected chi connectivity index (χ1v) is 6.85. The molecule has 0 bridgehead atoms. The van der Waals surface area contributed by atoms with Crippen LogP contribution in [-0.2, 0) is 4.74 Å². The summed E-state index contributed by atoms with van der Waals surface area (Å²) in [5, 5.41) is 10.1. The first kappa shape index (κ1) is 15.1. The molecular weight excluding hydrogens is 259 g/mol. The molecule has 1 N–H and O–H groups in total. The standard InChI is InChI=1S/C13H22F3NO2/c1-11(18)5-9-19-12(10-11)2-6-17(7-3-12)8-4-13(14,15)16/h18H,2-10H2,1H3.